The van der Waals surface area contributed by atoms with Crippen molar-refractivity contribution in [2.75, 3.05) is 15.5 Å². The Hall–Kier alpha value is -4.23. The fourth-order valence-electron chi connectivity index (χ4n) is 3.90. The van der Waals surface area contributed by atoms with E-state index < -0.39 is 11.8 Å². The molecule has 1 aromatic heterocycles. The summed E-state index contributed by atoms with van der Waals surface area (Å²) in [5.74, 6) is -1.01. The molecule has 2 N–H and O–H groups in total. The lowest BCUT2D eigenvalue weighted by atomic mass is 10.1. The smallest absolute Gasteiger partial charge is 0.282 e. The molecule has 0 atom stereocenters. The summed E-state index contributed by atoms with van der Waals surface area (Å²) < 4.78 is 0. The Labute approximate surface area is 194 Å². The third kappa shape index (κ3) is 3.79. The molecule has 6 nitrogen and oxygen atoms in total. The Bertz CT molecular complexity index is 1420. The molecular weight excluding hydrogens is 434 g/mol. The quantitative estimate of drug-likeness (QED) is 0.404. The lowest BCUT2D eigenvalue weighted by molar-refractivity contribution is -0.120. The van der Waals surface area contributed by atoms with E-state index in [4.69, 9.17) is 0 Å². The summed E-state index contributed by atoms with van der Waals surface area (Å²) in [6.07, 6.45) is 0. The normalized spacial score (nSPS) is 13.7. The zero-order valence-electron chi connectivity index (χ0n) is 17.7. The van der Waals surface area contributed by atoms with Crippen LogP contribution in [0.4, 0.5) is 17.1 Å². The van der Waals surface area contributed by atoms with Crippen LogP contribution in [0, 0.1) is 0 Å². The molecule has 3 amide bonds. The molecule has 33 heavy (non-hydrogen) atoms. The predicted molar refractivity (Wildman–Crippen MR) is 132 cm³/mol. The van der Waals surface area contributed by atoms with Gasteiger partial charge in [0, 0.05) is 28.6 Å². The number of rotatable bonds is 5. The number of thiophene rings is 1. The zero-order chi connectivity index (χ0) is 22.9. The van der Waals surface area contributed by atoms with Gasteiger partial charge in [-0.15, -0.1) is 11.3 Å². The van der Waals surface area contributed by atoms with Gasteiger partial charge in [0.2, 0.25) is 5.91 Å². The number of carbonyl (C=O) groups is 3. The van der Waals surface area contributed by atoms with Crippen LogP contribution in [0.5, 0.6) is 0 Å². The van der Waals surface area contributed by atoms with Gasteiger partial charge >= 0.3 is 0 Å². The minimum atomic E-state index is -0.427. The predicted octanol–water partition coefficient (Wildman–Crippen LogP) is 5.26. The zero-order valence-corrected chi connectivity index (χ0v) is 18.5. The van der Waals surface area contributed by atoms with E-state index in [9.17, 15) is 14.4 Å². The number of anilines is 3. The highest BCUT2D eigenvalue weighted by Crippen LogP contribution is 2.36. The fraction of sp³-hybridized carbons (Fsp3) is 0.0385. The van der Waals surface area contributed by atoms with Crippen molar-refractivity contribution in [2.45, 2.75) is 6.92 Å². The van der Waals surface area contributed by atoms with Crippen molar-refractivity contribution < 1.29 is 14.4 Å². The molecule has 162 valence electrons. The molecule has 1 aliphatic heterocycles. The summed E-state index contributed by atoms with van der Waals surface area (Å²) in [5, 5.41) is 9.80. The number of nitrogens with one attached hydrogen (secondary N) is 2. The van der Waals surface area contributed by atoms with Crippen molar-refractivity contribution in [1.29, 1.82) is 0 Å². The highest BCUT2D eigenvalue weighted by molar-refractivity contribution is 7.11. The lowest BCUT2D eigenvalue weighted by Crippen LogP contribution is -2.32. The van der Waals surface area contributed by atoms with Gasteiger partial charge in [-0.3, -0.25) is 14.4 Å². The fourth-order valence-corrected chi connectivity index (χ4v) is 4.66. The van der Waals surface area contributed by atoms with Gasteiger partial charge in [0.25, 0.3) is 11.8 Å². The third-order valence-electron chi connectivity index (χ3n) is 5.35. The molecule has 0 radical (unpaired) electrons. The second-order valence-corrected chi connectivity index (χ2v) is 8.50. The van der Waals surface area contributed by atoms with E-state index in [1.165, 1.54) is 23.2 Å². The Morgan fingerprint density at radius 1 is 0.848 bits per heavy atom. The van der Waals surface area contributed by atoms with Crippen LogP contribution >= 0.6 is 11.3 Å². The van der Waals surface area contributed by atoms with E-state index in [1.807, 2.05) is 60.0 Å². The number of amides is 3. The molecule has 4 aromatic rings. The number of benzene rings is 3. The van der Waals surface area contributed by atoms with E-state index in [2.05, 4.69) is 10.6 Å². The van der Waals surface area contributed by atoms with Gasteiger partial charge in [0.1, 0.15) is 5.70 Å². The molecule has 0 fully saturated rings. The number of imide groups is 1. The summed E-state index contributed by atoms with van der Waals surface area (Å²) in [6, 6.07) is 24.0. The second kappa shape index (κ2) is 8.37. The number of hydrogen-bond acceptors (Lipinski definition) is 5. The number of hydrogen-bond donors (Lipinski definition) is 2. The van der Waals surface area contributed by atoms with Crippen LogP contribution in [0.15, 0.2) is 89.9 Å². The number of fused-ring (bicyclic) bond motifs is 1. The van der Waals surface area contributed by atoms with Gasteiger partial charge in [0.05, 0.1) is 11.3 Å². The Balaban J connectivity index is 1.56. The van der Waals surface area contributed by atoms with E-state index in [-0.39, 0.29) is 11.6 Å². The monoisotopic (exact) mass is 453 g/mol. The Kier molecular flexibility index (Phi) is 5.24. The van der Waals surface area contributed by atoms with Gasteiger partial charge in [-0.25, -0.2) is 4.90 Å². The standard InChI is InChI=1S/C26H19N3O3S/c1-16(30)27-18-11-13-19(14-12-18)29-25(31)23(22-10-5-15-33-22)24(26(29)32)28-21-9-4-7-17-6-2-3-8-20(17)21/h2-15,28H,1H3,(H,27,30). The summed E-state index contributed by atoms with van der Waals surface area (Å²) in [7, 11) is 0. The molecule has 7 heteroatoms. The first-order chi connectivity index (χ1) is 16.0. The topological polar surface area (TPSA) is 78.5 Å². The third-order valence-corrected chi connectivity index (χ3v) is 6.23. The molecule has 1 aliphatic rings. The van der Waals surface area contributed by atoms with Gasteiger partial charge < -0.3 is 10.6 Å². The maximum Gasteiger partial charge on any atom is 0.282 e. The van der Waals surface area contributed by atoms with Gasteiger partial charge in [-0.2, -0.15) is 0 Å². The number of carbonyl (C=O) groups excluding carboxylic acids is 3. The van der Waals surface area contributed by atoms with Crippen LogP contribution in [0.3, 0.4) is 0 Å². The van der Waals surface area contributed by atoms with Crippen LogP contribution < -0.4 is 15.5 Å². The molecule has 2 heterocycles. The minimum absolute atomic E-state index is 0.195. The Morgan fingerprint density at radius 2 is 1.61 bits per heavy atom. The van der Waals surface area contributed by atoms with Crippen LogP contribution in [-0.2, 0) is 14.4 Å². The van der Waals surface area contributed by atoms with Gasteiger partial charge in [0.15, 0.2) is 0 Å². The minimum Gasteiger partial charge on any atom is -0.350 e. The van der Waals surface area contributed by atoms with Crippen molar-refractivity contribution in [3.63, 3.8) is 0 Å². The molecule has 0 aliphatic carbocycles. The van der Waals surface area contributed by atoms with E-state index >= 15 is 0 Å². The lowest BCUT2D eigenvalue weighted by Gasteiger charge is -2.16. The largest absolute Gasteiger partial charge is 0.350 e. The summed E-state index contributed by atoms with van der Waals surface area (Å²) >= 11 is 1.41. The van der Waals surface area contributed by atoms with Crippen LogP contribution in [0.2, 0.25) is 0 Å². The van der Waals surface area contributed by atoms with E-state index in [0.717, 1.165) is 16.5 Å². The first-order valence-electron chi connectivity index (χ1n) is 10.3. The molecule has 0 spiro atoms. The van der Waals surface area contributed by atoms with Crippen molar-refractivity contribution in [1.82, 2.24) is 0 Å². The molecule has 0 unspecified atom stereocenters. The van der Waals surface area contributed by atoms with E-state index in [0.29, 0.717) is 21.8 Å². The molecule has 0 bridgehead atoms. The highest BCUT2D eigenvalue weighted by atomic mass is 32.1. The van der Waals surface area contributed by atoms with Crippen molar-refractivity contribution in [3.8, 4) is 0 Å². The van der Waals surface area contributed by atoms with Crippen molar-refractivity contribution in [2.24, 2.45) is 0 Å². The SMILES string of the molecule is CC(=O)Nc1ccc(N2C(=O)C(Nc3cccc4ccccc34)=C(c3cccs3)C2=O)cc1. The molecule has 0 saturated carbocycles. The highest BCUT2D eigenvalue weighted by Gasteiger charge is 2.40. The van der Waals surface area contributed by atoms with Crippen LogP contribution in [0.1, 0.15) is 11.8 Å². The van der Waals surface area contributed by atoms with Crippen LogP contribution in [-0.4, -0.2) is 17.7 Å². The summed E-state index contributed by atoms with van der Waals surface area (Å²) in [4.78, 5) is 40.2. The second-order valence-electron chi connectivity index (χ2n) is 7.55. The summed E-state index contributed by atoms with van der Waals surface area (Å²) in [6.45, 7) is 1.42. The van der Waals surface area contributed by atoms with Crippen LogP contribution in [0.25, 0.3) is 16.3 Å². The first-order valence-corrected chi connectivity index (χ1v) is 11.2. The molecule has 3 aromatic carbocycles. The average molecular weight is 454 g/mol. The van der Waals surface area contributed by atoms with Crippen molar-refractivity contribution >= 4 is 62.5 Å². The van der Waals surface area contributed by atoms with Gasteiger partial charge in [-0.05, 0) is 47.2 Å². The molecule has 0 saturated heterocycles. The Morgan fingerprint density at radius 3 is 2.33 bits per heavy atom. The van der Waals surface area contributed by atoms with Crippen molar-refractivity contribution in [3.05, 3.63) is 94.8 Å². The van der Waals surface area contributed by atoms with Gasteiger partial charge in [-0.1, -0.05) is 42.5 Å². The maximum atomic E-state index is 13.5. The molecular formula is C26H19N3O3S. The summed E-state index contributed by atoms with van der Waals surface area (Å²) in [5.41, 5.74) is 2.36. The first kappa shape index (κ1) is 20.7. The maximum absolute atomic E-state index is 13.5. The molecule has 5 rings (SSSR count). The average Bonchev–Trinajstić information content (AvgIpc) is 3.41. The number of nitrogens with zero attached hydrogens (tertiary/aromatic N) is 1. The van der Waals surface area contributed by atoms with E-state index in [1.54, 1.807) is 24.3 Å².